The average molecular weight is 339 g/mol. The van der Waals surface area contributed by atoms with E-state index in [0.29, 0.717) is 31.0 Å². The number of hydrogen-bond acceptors (Lipinski definition) is 2. The molecule has 0 spiro atoms. The van der Waals surface area contributed by atoms with Gasteiger partial charge in [0.1, 0.15) is 11.5 Å². The van der Waals surface area contributed by atoms with Gasteiger partial charge in [-0.05, 0) is 37.1 Å². The molecule has 0 aliphatic rings. The van der Waals surface area contributed by atoms with Gasteiger partial charge < -0.3 is 15.0 Å². The molecule has 0 aliphatic heterocycles. The Balaban J connectivity index is 1.53. The Morgan fingerprint density at radius 2 is 2.00 bits per heavy atom. The summed E-state index contributed by atoms with van der Waals surface area (Å²) in [5, 5.41) is 6.43. The molecule has 2 heterocycles. The molecule has 0 bridgehead atoms. The number of aryl methyl sites for hydroxylation is 1. The van der Waals surface area contributed by atoms with Crippen molar-refractivity contribution in [1.29, 1.82) is 0 Å². The number of rotatable bonds is 5. The van der Waals surface area contributed by atoms with Crippen LogP contribution >= 0.6 is 0 Å². The first-order chi connectivity index (χ1) is 12.2. The number of benzene rings is 1. The van der Waals surface area contributed by atoms with E-state index in [4.69, 9.17) is 0 Å². The summed E-state index contributed by atoms with van der Waals surface area (Å²) in [5.41, 5.74) is 3.70. The zero-order valence-electron chi connectivity index (χ0n) is 14.5. The molecule has 0 radical (unpaired) electrons. The Morgan fingerprint density at radius 1 is 1.16 bits per heavy atom. The SMILES string of the molecule is CN=C(NCCc1ccccc1F)NCc1cn2c(C)cccc2n1. The summed E-state index contributed by atoms with van der Waals surface area (Å²) < 4.78 is 15.7. The summed E-state index contributed by atoms with van der Waals surface area (Å²) in [6.07, 6.45) is 2.62. The zero-order chi connectivity index (χ0) is 17.6. The summed E-state index contributed by atoms with van der Waals surface area (Å²) in [5.74, 6) is 0.498. The van der Waals surface area contributed by atoms with Crippen LogP contribution in [-0.2, 0) is 13.0 Å². The molecule has 3 rings (SSSR count). The van der Waals surface area contributed by atoms with Gasteiger partial charge in [0.15, 0.2) is 5.96 Å². The summed E-state index contributed by atoms with van der Waals surface area (Å²) in [7, 11) is 1.71. The van der Waals surface area contributed by atoms with E-state index in [2.05, 4.69) is 38.0 Å². The molecule has 0 saturated carbocycles. The molecule has 5 nitrogen and oxygen atoms in total. The summed E-state index contributed by atoms with van der Waals surface area (Å²) in [6.45, 7) is 3.22. The van der Waals surface area contributed by atoms with Crippen LogP contribution in [-0.4, -0.2) is 28.9 Å². The fourth-order valence-electron chi connectivity index (χ4n) is 2.70. The third kappa shape index (κ3) is 4.15. The molecule has 0 saturated heterocycles. The maximum absolute atomic E-state index is 13.6. The van der Waals surface area contributed by atoms with Gasteiger partial charge in [0.25, 0.3) is 0 Å². The molecule has 6 heteroatoms. The maximum atomic E-state index is 13.6. The van der Waals surface area contributed by atoms with Crippen LogP contribution in [0.25, 0.3) is 5.65 Å². The van der Waals surface area contributed by atoms with Crippen LogP contribution in [0.1, 0.15) is 17.0 Å². The largest absolute Gasteiger partial charge is 0.356 e. The topological polar surface area (TPSA) is 53.7 Å². The lowest BCUT2D eigenvalue weighted by atomic mass is 10.1. The Morgan fingerprint density at radius 3 is 2.76 bits per heavy atom. The third-order valence-electron chi connectivity index (χ3n) is 4.05. The third-order valence-corrected chi connectivity index (χ3v) is 4.05. The van der Waals surface area contributed by atoms with Gasteiger partial charge in [-0.15, -0.1) is 0 Å². The van der Waals surface area contributed by atoms with Gasteiger partial charge in [0, 0.05) is 25.5 Å². The number of guanidine groups is 1. The fourth-order valence-corrected chi connectivity index (χ4v) is 2.70. The molecular weight excluding hydrogens is 317 g/mol. The highest BCUT2D eigenvalue weighted by Crippen LogP contribution is 2.08. The molecule has 0 aliphatic carbocycles. The quantitative estimate of drug-likeness (QED) is 0.555. The summed E-state index contributed by atoms with van der Waals surface area (Å²) in [4.78, 5) is 8.78. The molecule has 0 unspecified atom stereocenters. The van der Waals surface area contributed by atoms with Crippen LogP contribution in [0.15, 0.2) is 53.7 Å². The Hall–Kier alpha value is -2.89. The average Bonchev–Trinajstić information content (AvgIpc) is 3.04. The lowest BCUT2D eigenvalue weighted by molar-refractivity contribution is 0.606. The number of nitrogens with one attached hydrogen (secondary N) is 2. The Kier molecular flexibility index (Phi) is 5.28. The van der Waals surface area contributed by atoms with Crippen molar-refractivity contribution < 1.29 is 4.39 Å². The van der Waals surface area contributed by atoms with Gasteiger partial charge in [0.05, 0.1) is 12.2 Å². The van der Waals surface area contributed by atoms with E-state index in [-0.39, 0.29) is 5.82 Å². The smallest absolute Gasteiger partial charge is 0.191 e. The molecule has 130 valence electrons. The van der Waals surface area contributed by atoms with Gasteiger partial charge in [-0.3, -0.25) is 4.99 Å². The van der Waals surface area contributed by atoms with Crippen LogP contribution in [0.3, 0.4) is 0 Å². The molecule has 0 fully saturated rings. The minimum atomic E-state index is -0.174. The Labute approximate surface area is 146 Å². The second-order valence-electron chi connectivity index (χ2n) is 5.82. The van der Waals surface area contributed by atoms with Gasteiger partial charge >= 0.3 is 0 Å². The number of imidazole rings is 1. The Bertz CT molecular complexity index is 884. The number of hydrogen-bond donors (Lipinski definition) is 2. The van der Waals surface area contributed by atoms with Crippen molar-refractivity contribution >= 4 is 11.6 Å². The van der Waals surface area contributed by atoms with Gasteiger partial charge in [-0.2, -0.15) is 0 Å². The predicted molar refractivity (Wildman–Crippen MR) is 98.2 cm³/mol. The lowest BCUT2D eigenvalue weighted by Crippen LogP contribution is -2.38. The molecule has 2 N–H and O–H groups in total. The van der Waals surface area contributed by atoms with Crippen molar-refractivity contribution in [2.24, 2.45) is 4.99 Å². The van der Waals surface area contributed by atoms with Crippen LogP contribution in [0.4, 0.5) is 4.39 Å². The number of pyridine rings is 1. The van der Waals surface area contributed by atoms with Crippen molar-refractivity contribution in [1.82, 2.24) is 20.0 Å². The van der Waals surface area contributed by atoms with E-state index >= 15 is 0 Å². The first kappa shape index (κ1) is 17.0. The van der Waals surface area contributed by atoms with Crippen molar-refractivity contribution in [3.8, 4) is 0 Å². The van der Waals surface area contributed by atoms with E-state index in [1.54, 1.807) is 19.2 Å². The molecule has 25 heavy (non-hydrogen) atoms. The van der Waals surface area contributed by atoms with Crippen LogP contribution in [0, 0.1) is 12.7 Å². The minimum Gasteiger partial charge on any atom is -0.356 e. The summed E-state index contributed by atoms with van der Waals surface area (Å²) >= 11 is 0. The van der Waals surface area contributed by atoms with Crippen LogP contribution in [0.5, 0.6) is 0 Å². The second-order valence-corrected chi connectivity index (χ2v) is 5.82. The minimum absolute atomic E-state index is 0.174. The number of aromatic nitrogens is 2. The monoisotopic (exact) mass is 339 g/mol. The highest BCUT2D eigenvalue weighted by atomic mass is 19.1. The zero-order valence-corrected chi connectivity index (χ0v) is 14.5. The number of fused-ring (bicyclic) bond motifs is 1. The van der Waals surface area contributed by atoms with E-state index < -0.39 is 0 Å². The van der Waals surface area contributed by atoms with Crippen molar-refractivity contribution in [3.63, 3.8) is 0 Å². The molecule has 0 atom stereocenters. The highest BCUT2D eigenvalue weighted by Gasteiger charge is 2.05. The van der Waals surface area contributed by atoms with Crippen molar-refractivity contribution in [3.05, 3.63) is 71.4 Å². The van der Waals surface area contributed by atoms with E-state index in [9.17, 15) is 4.39 Å². The van der Waals surface area contributed by atoms with E-state index in [1.807, 2.05) is 24.4 Å². The fraction of sp³-hybridized carbons (Fsp3) is 0.263. The summed E-state index contributed by atoms with van der Waals surface area (Å²) in [6, 6.07) is 12.9. The number of aliphatic imine (C=N–C) groups is 1. The standard InChI is InChI=1S/C19H22FN5/c1-14-6-5-9-18-24-16(13-25(14)18)12-23-19(21-2)22-11-10-15-7-3-4-8-17(15)20/h3-9,13H,10-12H2,1-2H3,(H2,21,22,23). The van der Waals surface area contributed by atoms with E-state index in [1.165, 1.54) is 6.07 Å². The molecule has 3 aromatic rings. The van der Waals surface area contributed by atoms with Gasteiger partial charge in [-0.25, -0.2) is 9.37 Å². The maximum Gasteiger partial charge on any atom is 0.191 e. The second kappa shape index (κ2) is 7.79. The molecular formula is C19H22FN5. The van der Waals surface area contributed by atoms with Gasteiger partial charge in [-0.1, -0.05) is 24.3 Å². The van der Waals surface area contributed by atoms with Gasteiger partial charge in [0.2, 0.25) is 0 Å². The first-order valence-electron chi connectivity index (χ1n) is 8.29. The molecule has 2 aromatic heterocycles. The number of nitrogens with zero attached hydrogens (tertiary/aromatic N) is 3. The van der Waals surface area contributed by atoms with Crippen LogP contribution < -0.4 is 10.6 Å². The van der Waals surface area contributed by atoms with Crippen molar-refractivity contribution in [2.75, 3.05) is 13.6 Å². The highest BCUT2D eigenvalue weighted by molar-refractivity contribution is 5.79. The number of halogens is 1. The van der Waals surface area contributed by atoms with Crippen LogP contribution in [0.2, 0.25) is 0 Å². The normalized spacial score (nSPS) is 11.7. The lowest BCUT2D eigenvalue weighted by Gasteiger charge is -2.11. The first-order valence-corrected chi connectivity index (χ1v) is 8.29. The molecule has 0 amide bonds. The van der Waals surface area contributed by atoms with Crippen molar-refractivity contribution in [2.45, 2.75) is 19.9 Å². The predicted octanol–water partition coefficient (Wildman–Crippen LogP) is 2.69. The van der Waals surface area contributed by atoms with E-state index in [0.717, 1.165) is 17.0 Å². The molecule has 1 aromatic carbocycles.